The van der Waals surface area contributed by atoms with Gasteiger partial charge in [-0.1, -0.05) is 0 Å². The topological polar surface area (TPSA) is 86.7 Å². The Kier molecular flexibility index (Phi) is 4.61. The molecule has 0 aliphatic rings. The largest absolute Gasteiger partial charge is 0.396 e. The molecular formula is C5H13NO3. The molecule has 0 amide bonds. The Hall–Kier alpha value is -0.160. The summed E-state index contributed by atoms with van der Waals surface area (Å²) in [5.74, 6) is 0. The fourth-order valence-corrected chi connectivity index (χ4v) is 0.477. The van der Waals surface area contributed by atoms with Gasteiger partial charge in [-0.3, -0.25) is 0 Å². The maximum Gasteiger partial charge on any atom is 0.0922 e. The molecule has 0 saturated carbocycles. The van der Waals surface area contributed by atoms with Crippen molar-refractivity contribution >= 4 is 0 Å². The molecule has 0 saturated heterocycles. The third-order valence-corrected chi connectivity index (χ3v) is 1.14. The number of hydrogen-bond donors (Lipinski definition) is 4. The summed E-state index contributed by atoms with van der Waals surface area (Å²) in [5, 5.41) is 25.4. The number of aliphatic hydroxyl groups excluding tert-OH is 3. The van der Waals surface area contributed by atoms with Crippen molar-refractivity contribution < 1.29 is 15.3 Å². The zero-order valence-corrected chi connectivity index (χ0v) is 5.20. The van der Waals surface area contributed by atoms with Gasteiger partial charge in [0.05, 0.1) is 12.7 Å². The average Bonchev–Trinajstić information content (AvgIpc) is 1.87. The van der Waals surface area contributed by atoms with Crippen LogP contribution in [0.15, 0.2) is 0 Å². The molecule has 0 aromatic heterocycles. The minimum Gasteiger partial charge on any atom is -0.396 e. The quantitative estimate of drug-likeness (QED) is 0.361. The lowest BCUT2D eigenvalue weighted by Gasteiger charge is -2.14. The molecule has 0 aliphatic carbocycles. The second-order valence-electron chi connectivity index (χ2n) is 1.93. The summed E-state index contributed by atoms with van der Waals surface area (Å²) in [7, 11) is 0. The fourth-order valence-electron chi connectivity index (χ4n) is 0.477. The molecule has 0 heterocycles. The third kappa shape index (κ3) is 3.42. The summed E-state index contributed by atoms with van der Waals surface area (Å²) >= 11 is 0. The second-order valence-corrected chi connectivity index (χ2v) is 1.93. The van der Waals surface area contributed by atoms with Gasteiger partial charge in [0, 0.05) is 12.6 Å². The van der Waals surface area contributed by atoms with E-state index in [2.05, 4.69) is 0 Å². The molecule has 0 aliphatic heterocycles. The van der Waals surface area contributed by atoms with Crippen LogP contribution in [0, 0.1) is 0 Å². The van der Waals surface area contributed by atoms with Crippen molar-refractivity contribution in [1.29, 1.82) is 0 Å². The monoisotopic (exact) mass is 135 g/mol. The van der Waals surface area contributed by atoms with Crippen LogP contribution in [0.2, 0.25) is 0 Å². The molecule has 2 atom stereocenters. The van der Waals surface area contributed by atoms with Crippen LogP contribution in [0.25, 0.3) is 0 Å². The van der Waals surface area contributed by atoms with Crippen LogP contribution in [0.3, 0.4) is 0 Å². The van der Waals surface area contributed by atoms with Crippen molar-refractivity contribution in [2.75, 3.05) is 13.2 Å². The van der Waals surface area contributed by atoms with Crippen LogP contribution in [-0.2, 0) is 0 Å². The van der Waals surface area contributed by atoms with Gasteiger partial charge in [-0.15, -0.1) is 0 Å². The summed E-state index contributed by atoms with van der Waals surface area (Å²) in [6.07, 6.45) is -0.584. The van der Waals surface area contributed by atoms with Crippen molar-refractivity contribution in [1.82, 2.24) is 0 Å². The predicted molar refractivity (Wildman–Crippen MR) is 32.8 cm³/mol. The maximum atomic E-state index is 8.77. The van der Waals surface area contributed by atoms with Gasteiger partial charge in [-0.25, -0.2) is 0 Å². The molecule has 9 heavy (non-hydrogen) atoms. The van der Waals surface area contributed by atoms with E-state index in [0.717, 1.165) is 0 Å². The van der Waals surface area contributed by atoms with Gasteiger partial charge in [0.1, 0.15) is 0 Å². The van der Waals surface area contributed by atoms with E-state index in [1.807, 2.05) is 0 Å². The first-order valence-electron chi connectivity index (χ1n) is 2.87. The van der Waals surface area contributed by atoms with Crippen LogP contribution < -0.4 is 5.73 Å². The van der Waals surface area contributed by atoms with Crippen molar-refractivity contribution in [2.24, 2.45) is 5.73 Å². The fraction of sp³-hybridized carbons (Fsp3) is 1.00. The SMILES string of the molecule is NC(CCO)C(O)CO. The molecule has 5 N–H and O–H groups in total. The van der Waals surface area contributed by atoms with Crippen molar-refractivity contribution in [3.05, 3.63) is 0 Å². The highest BCUT2D eigenvalue weighted by Crippen LogP contribution is 1.92. The van der Waals surface area contributed by atoms with Crippen LogP contribution in [0.5, 0.6) is 0 Å². The van der Waals surface area contributed by atoms with Crippen LogP contribution >= 0.6 is 0 Å². The molecule has 4 nitrogen and oxygen atoms in total. The normalized spacial score (nSPS) is 17.3. The summed E-state index contributed by atoms with van der Waals surface area (Å²) in [5.41, 5.74) is 5.27. The zero-order chi connectivity index (χ0) is 7.28. The first-order valence-corrected chi connectivity index (χ1v) is 2.87. The maximum absolute atomic E-state index is 8.77. The summed E-state index contributed by atoms with van der Waals surface area (Å²) in [6, 6.07) is -0.514. The lowest BCUT2D eigenvalue weighted by Crippen LogP contribution is -2.37. The first-order chi connectivity index (χ1) is 4.22. The molecule has 0 radical (unpaired) electrons. The van der Waals surface area contributed by atoms with Gasteiger partial charge in [0.25, 0.3) is 0 Å². The van der Waals surface area contributed by atoms with E-state index >= 15 is 0 Å². The Bertz CT molecular complexity index is 69.2. The van der Waals surface area contributed by atoms with Gasteiger partial charge in [-0.05, 0) is 6.42 Å². The third-order valence-electron chi connectivity index (χ3n) is 1.14. The lowest BCUT2D eigenvalue weighted by atomic mass is 10.1. The van der Waals surface area contributed by atoms with E-state index in [1.165, 1.54) is 0 Å². The lowest BCUT2D eigenvalue weighted by molar-refractivity contribution is 0.0662. The number of hydrogen-bond acceptors (Lipinski definition) is 4. The van der Waals surface area contributed by atoms with Crippen molar-refractivity contribution in [2.45, 2.75) is 18.6 Å². The summed E-state index contributed by atoms with van der Waals surface area (Å²) < 4.78 is 0. The van der Waals surface area contributed by atoms with Crippen LogP contribution in [0.4, 0.5) is 0 Å². The smallest absolute Gasteiger partial charge is 0.0922 e. The van der Waals surface area contributed by atoms with Crippen LogP contribution in [0.1, 0.15) is 6.42 Å². The highest BCUT2D eigenvalue weighted by molar-refractivity contribution is 4.69. The van der Waals surface area contributed by atoms with Crippen molar-refractivity contribution in [3.63, 3.8) is 0 Å². The van der Waals surface area contributed by atoms with Gasteiger partial charge in [0.15, 0.2) is 0 Å². The van der Waals surface area contributed by atoms with Crippen LogP contribution in [-0.4, -0.2) is 40.7 Å². The van der Waals surface area contributed by atoms with Gasteiger partial charge < -0.3 is 21.1 Å². The Morgan fingerprint density at radius 1 is 1.33 bits per heavy atom. The standard InChI is InChI=1S/C5H13NO3/c6-4(1-2-7)5(9)3-8/h4-5,7-9H,1-3,6H2. The predicted octanol–water partition coefficient (Wildman–Crippen LogP) is -1.95. The van der Waals surface area contributed by atoms with Crippen molar-refractivity contribution in [3.8, 4) is 0 Å². The molecule has 0 spiro atoms. The van der Waals surface area contributed by atoms with E-state index in [1.54, 1.807) is 0 Å². The van der Waals surface area contributed by atoms with E-state index < -0.39 is 12.1 Å². The van der Waals surface area contributed by atoms with Gasteiger partial charge in [-0.2, -0.15) is 0 Å². The van der Waals surface area contributed by atoms with E-state index in [0.29, 0.717) is 6.42 Å². The summed E-state index contributed by atoms with van der Waals surface area (Å²) in [6.45, 7) is -0.403. The molecular weight excluding hydrogens is 122 g/mol. The van der Waals surface area contributed by atoms with Gasteiger partial charge in [0.2, 0.25) is 0 Å². The zero-order valence-electron chi connectivity index (χ0n) is 5.20. The number of aliphatic hydroxyl groups is 3. The molecule has 4 heteroatoms. The Morgan fingerprint density at radius 2 is 1.89 bits per heavy atom. The highest BCUT2D eigenvalue weighted by atomic mass is 16.3. The minimum absolute atomic E-state index is 0.0573. The Morgan fingerprint density at radius 3 is 2.22 bits per heavy atom. The summed E-state index contributed by atoms with van der Waals surface area (Å²) in [4.78, 5) is 0. The average molecular weight is 135 g/mol. The molecule has 0 bridgehead atoms. The van der Waals surface area contributed by atoms with E-state index in [-0.39, 0.29) is 13.2 Å². The number of rotatable bonds is 4. The molecule has 0 fully saturated rings. The first kappa shape index (κ1) is 8.84. The Labute approximate surface area is 53.9 Å². The Balaban J connectivity index is 3.32. The van der Waals surface area contributed by atoms with E-state index in [4.69, 9.17) is 21.1 Å². The second kappa shape index (κ2) is 4.69. The molecule has 0 aromatic carbocycles. The molecule has 0 aromatic rings. The van der Waals surface area contributed by atoms with Gasteiger partial charge >= 0.3 is 0 Å². The minimum atomic E-state index is -0.905. The highest BCUT2D eigenvalue weighted by Gasteiger charge is 2.11. The number of nitrogens with two attached hydrogens (primary N) is 1. The molecule has 0 rings (SSSR count). The molecule has 2 unspecified atom stereocenters. The molecule has 56 valence electrons. The van der Waals surface area contributed by atoms with E-state index in [9.17, 15) is 0 Å².